The summed E-state index contributed by atoms with van der Waals surface area (Å²) < 4.78 is 45.2. The molecule has 9 heteroatoms. The van der Waals surface area contributed by atoms with Crippen LogP contribution in [0.1, 0.15) is 10.4 Å². The SMILES string of the molecule is O=C1COc2cc(C(=O)COCC(F)(F)F)c(Cl)cc2N1. The molecule has 0 saturated heterocycles. The highest BCUT2D eigenvalue weighted by molar-refractivity contribution is 6.34. The minimum atomic E-state index is -4.51. The number of carbonyl (C=O) groups is 2. The lowest BCUT2D eigenvalue weighted by Gasteiger charge is -2.19. The first kappa shape index (κ1) is 15.6. The van der Waals surface area contributed by atoms with Crippen LogP contribution in [0, 0.1) is 0 Å². The fourth-order valence-corrected chi connectivity index (χ4v) is 1.92. The van der Waals surface area contributed by atoms with Gasteiger partial charge in [-0.05, 0) is 12.1 Å². The maximum Gasteiger partial charge on any atom is 0.411 e. The van der Waals surface area contributed by atoms with Gasteiger partial charge in [0.05, 0.1) is 10.7 Å². The molecule has 0 atom stereocenters. The summed E-state index contributed by atoms with van der Waals surface area (Å²) in [5.41, 5.74) is 0.262. The molecular weight excluding hydrogens is 315 g/mol. The minimum Gasteiger partial charge on any atom is -0.482 e. The van der Waals surface area contributed by atoms with Crippen LogP contribution in [0.25, 0.3) is 0 Å². The molecule has 0 bridgehead atoms. The van der Waals surface area contributed by atoms with Crippen LogP contribution in [0.15, 0.2) is 12.1 Å². The van der Waals surface area contributed by atoms with Crippen LogP contribution < -0.4 is 10.1 Å². The van der Waals surface area contributed by atoms with Crippen molar-refractivity contribution in [1.29, 1.82) is 0 Å². The fraction of sp³-hybridized carbons (Fsp3) is 0.333. The molecule has 1 heterocycles. The normalized spacial score (nSPS) is 14.2. The molecular formula is C12H9ClF3NO4. The number of hydrogen-bond donors (Lipinski definition) is 1. The van der Waals surface area contributed by atoms with Crippen molar-refractivity contribution in [1.82, 2.24) is 0 Å². The number of fused-ring (bicyclic) bond motifs is 1. The predicted molar refractivity (Wildman–Crippen MR) is 66.8 cm³/mol. The third kappa shape index (κ3) is 4.08. The topological polar surface area (TPSA) is 64.6 Å². The summed E-state index contributed by atoms with van der Waals surface area (Å²) in [7, 11) is 0. The molecule has 0 saturated carbocycles. The summed E-state index contributed by atoms with van der Waals surface area (Å²) in [5.74, 6) is -0.864. The van der Waals surface area contributed by atoms with E-state index in [4.69, 9.17) is 16.3 Å². The lowest BCUT2D eigenvalue weighted by Crippen LogP contribution is -2.26. The Morgan fingerprint density at radius 2 is 2.14 bits per heavy atom. The highest BCUT2D eigenvalue weighted by Gasteiger charge is 2.28. The van der Waals surface area contributed by atoms with E-state index in [0.29, 0.717) is 5.69 Å². The van der Waals surface area contributed by atoms with Crippen LogP contribution >= 0.6 is 11.6 Å². The van der Waals surface area contributed by atoms with E-state index in [1.54, 1.807) is 0 Å². The summed E-state index contributed by atoms with van der Waals surface area (Å²) in [6, 6.07) is 2.56. The molecule has 5 nitrogen and oxygen atoms in total. The maximum absolute atomic E-state index is 11.9. The molecule has 0 radical (unpaired) electrons. The van der Waals surface area contributed by atoms with Gasteiger partial charge < -0.3 is 14.8 Å². The highest BCUT2D eigenvalue weighted by atomic mass is 35.5. The van der Waals surface area contributed by atoms with E-state index in [0.717, 1.165) is 0 Å². The molecule has 0 aromatic heterocycles. The molecule has 1 aromatic rings. The van der Waals surface area contributed by atoms with Gasteiger partial charge >= 0.3 is 6.18 Å². The van der Waals surface area contributed by atoms with Crippen molar-refractivity contribution in [2.45, 2.75) is 6.18 Å². The molecule has 2 rings (SSSR count). The van der Waals surface area contributed by atoms with E-state index in [1.807, 2.05) is 0 Å². The van der Waals surface area contributed by atoms with E-state index < -0.39 is 25.2 Å². The number of amides is 1. The number of ketones is 1. The van der Waals surface area contributed by atoms with Crippen LogP contribution in [0.2, 0.25) is 5.02 Å². The second-order valence-electron chi connectivity index (χ2n) is 4.20. The minimum absolute atomic E-state index is 0.0137. The number of carbonyl (C=O) groups excluding carboxylic acids is 2. The van der Waals surface area contributed by atoms with Gasteiger partial charge in [-0.2, -0.15) is 13.2 Å². The molecule has 21 heavy (non-hydrogen) atoms. The van der Waals surface area contributed by atoms with Crippen molar-refractivity contribution in [3.05, 3.63) is 22.7 Å². The van der Waals surface area contributed by atoms with Gasteiger partial charge in [0.2, 0.25) is 0 Å². The van der Waals surface area contributed by atoms with Crippen molar-refractivity contribution >= 4 is 29.0 Å². The Bertz CT molecular complexity index is 589. The van der Waals surface area contributed by atoms with Gasteiger partial charge in [0, 0.05) is 5.56 Å². The zero-order chi connectivity index (χ0) is 15.6. The zero-order valence-corrected chi connectivity index (χ0v) is 11.2. The van der Waals surface area contributed by atoms with Gasteiger partial charge in [0.15, 0.2) is 12.4 Å². The summed E-state index contributed by atoms with van der Waals surface area (Å²) in [4.78, 5) is 22.9. The maximum atomic E-state index is 11.9. The molecule has 114 valence electrons. The Balaban J connectivity index is 2.09. The van der Waals surface area contributed by atoms with Crippen LogP contribution in [0.4, 0.5) is 18.9 Å². The lowest BCUT2D eigenvalue weighted by atomic mass is 10.1. The predicted octanol–water partition coefficient (Wildman–Crippen LogP) is 2.43. The van der Waals surface area contributed by atoms with E-state index in [-0.39, 0.29) is 28.8 Å². The molecule has 1 N–H and O–H groups in total. The van der Waals surface area contributed by atoms with Crippen LogP contribution in [-0.4, -0.2) is 37.7 Å². The molecule has 0 fully saturated rings. The first-order valence-corrected chi connectivity index (χ1v) is 6.08. The second kappa shape index (κ2) is 5.90. The summed E-state index contributed by atoms with van der Waals surface area (Å²) in [6.45, 7) is -2.49. The van der Waals surface area contributed by atoms with Crippen LogP contribution in [0.5, 0.6) is 5.75 Å². The number of benzene rings is 1. The van der Waals surface area contributed by atoms with Crippen molar-refractivity contribution < 1.29 is 32.2 Å². The highest BCUT2D eigenvalue weighted by Crippen LogP contribution is 2.33. The van der Waals surface area contributed by atoms with Crippen molar-refractivity contribution in [3.8, 4) is 5.75 Å². The monoisotopic (exact) mass is 323 g/mol. The smallest absolute Gasteiger partial charge is 0.411 e. The van der Waals surface area contributed by atoms with Gasteiger partial charge in [-0.25, -0.2) is 0 Å². The van der Waals surface area contributed by atoms with E-state index in [9.17, 15) is 22.8 Å². The summed E-state index contributed by atoms with van der Waals surface area (Å²) in [5, 5.41) is 2.48. The largest absolute Gasteiger partial charge is 0.482 e. The van der Waals surface area contributed by atoms with Crippen LogP contribution in [-0.2, 0) is 9.53 Å². The summed E-state index contributed by atoms with van der Waals surface area (Å²) in [6.07, 6.45) is -4.51. The van der Waals surface area contributed by atoms with E-state index >= 15 is 0 Å². The van der Waals surface area contributed by atoms with Crippen molar-refractivity contribution in [2.24, 2.45) is 0 Å². The van der Waals surface area contributed by atoms with E-state index in [2.05, 4.69) is 10.1 Å². The Labute approximate surface area is 122 Å². The van der Waals surface area contributed by atoms with Crippen molar-refractivity contribution in [2.75, 3.05) is 25.1 Å². The average molecular weight is 324 g/mol. The van der Waals surface area contributed by atoms with Crippen LogP contribution in [0.3, 0.4) is 0 Å². The molecule has 1 aromatic carbocycles. The number of hydrogen-bond acceptors (Lipinski definition) is 4. The molecule has 0 spiro atoms. The number of ether oxygens (including phenoxy) is 2. The molecule has 1 aliphatic heterocycles. The first-order chi connectivity index (χ1) is 9.76. The van der Waals surface area contributed by atoms with Gasteiger partial charge in [0.25, 0.3) is 5.91 Å². The Morgan fingerprint density at radius 3 is 2.81 bits per heavy atom. The van der Waals surface area contributed by atoms with Gasteiger partial charge in [-0.15, -0.1) is 0 Å². The Morgan fingerprint density at radius 1 is 1.43 bits per heavy atom. The first-order valence-electron chi connectivity index (χ1n) is 5.70. The number of alkyl halides is 3. The van der Waals surface area contributed by atoms with E-state index in [1.165, 1.54) is 12.1 Å². The molecule has 1 aliphatic rings. The number of rotatable bonds is 4. The van der Waals surface area contributed by atoms with Gasteiger partial charge in [-0.1, -0.05) is 11.6 Å². The fourth-order valence-electron chi connectivity index (χ4n) is 1.65. The number of halogens is 4. The quantitative estimate of drug-likeness (QED) is 0.864. The number of Topliss-reactive ketones (excluding diaryl/α,β-unsaturated/α-hetero) is 1. The zero-order valence-electron chi connectivity index (χ0n) is 10.4. The molecule has 1 amide bonds. The van der Waals surface area contributed by atoms with Crippen molar-refractivity contribution in [3.63, 3.8) is 0 Å². The van der Waals surface area contributed by atoms with Gasteiger partial charge in [0.1, 0.15) is 19.0 Å². The summed E-state index contributed by atoms with van der Waals surface area (Å²) >= 11 is 5.87. The standard InChI is InChI=1S/C12H9ClF3NO4/c13-7-2-8-10(21-4-11(19)17-8)1-6(7)9(18)3-20-5-12(14,15)16/h1-2H,3-5H2,(H,17,19). The average Bonchev–Trinajstić information content (AvgIpc) is 2.36. The Hall–Kier alpha value is -1.80. The molecule has 0 unspecified atom stereocenters. The number of anilines is 1. The Kier molecular flexibility index (Phi) is 4.38. The second-order valence-corrected chi connectivity index (χ2v) is 4.60. The lowest BCUT2D eigenvalue weighted by molar-refractivity contribution is -0.170. The third-order valence-corrected chi connectivity index (χ3v) is 2.81. The third-order valence-electron chi connectivity index (χ3n) is 2.50. The number of nitrogens with one attached hydrogen (secondary N) is 1. The van der Waals surface area contributed by atoms with Gasteiger partial charge in [-0.3, -0.25) is 9.59 Å². The molecule has 0 aliphatic carbocycles.